The summed E-state index contributed by atoms with van der Waals surface area (Å²) in [5.41, 5.74) is 0.899. The van der Waals surface area contributed by atoms with Gasteiger partial charge < -0.3 is 10.6 Å². The summed E-state index contributed by atoms with van der Waals surface area (Å²) < 4.78 is 0. The summed E-state index contributed by atoms with van der Waals surface area (Å²) in [6.07, 6.45) is 3.90. The van der Waals surface area contributed by atoms with Crippen LogP contribution in [0.1, 0.15) is 44.2 Å². The third-order valence-electron chi connectivity index (χ3n) is 4.04. The highest BCUT2D eigenvalue weighted by Gasteiger charge is 2.16. The Morgan fingerprint density at radius 3 is 2.68 bits per heavy atom. The first-order chi connectivity index (χ1) is 10.1. The van der Waals surface area contributed by atoms with Crippen molar-refractivity contribution in [2.75, 3.05) is 13.1 Å². The van der Waals surface area contributed by atoms with Gasteiger partial charge in [-0.05, 0) is 62.9 Å². The van der Waals surface area contributed by atoms with Crippen molar-refractivity contribution in [3.63, 3.8) is 0 Å². The minimum absolute atomic E-state index is 0. The van der Waals surface area contributed by atoms with E-state index in [1.165, 1.54) is 12.8 Å². The van der Waals surface area contributed by atoms with Gasteiger partial charge in [0.15, 0.2) is 0 Å². The molecule has 3 nitrogen and oxygen atoms in total. The van der Waals surface area contributed by atoms with Crippen LogP contribution in [0, 0.1) is 5.92 Å². The molecule has 1 aliphatic rings. The number of rotatable bonds is 5. The summed E-state index contributed by atoms with van der Waals surface area (Å²) in [6.45, 7) is 4.09. The lowest BCUT2D eigenvalue weighted by Crippen LogP contribution is -2.30. The summed E-state index contributed by atoms with van der Waals surface area (Å²) >= 11 is 12.1. The fourth-order valence-corrected chi connectivity index (χ4v) is 3.32. The number of amides is 1. The highest BCUT2D eigenvalue weighted by atomic mass is 35.5. The molecule has 1 unspecified atom stereocenters. The van der Waals surface area contributed by atoms with Crippen molar-refractivity contribution in [3.8, 4) is 0 Å². The van der Waals surface area contributed by atoms with Crippen molar-refractivity contribution < 1.29 is 4.79 Å². The zero-order chi connectivity index (χ0) is 15.2. The van der Waals surface area contributed by atoms with E-state index < -0.39 is 0 Å². The van der Waals surface area contributed by atoms with Gasteiger partial charge in [0.2, 0.25) is 5.91 Å². The van der Waals surface area contributed by atoms with Crippen molar-refractivity contribution >= 4 is 41.5 Å². The Hall–Kier alpha value is -0.480. The fraction of sp³-hybridized carbons (Fsp3) is 0.562. The molecule has 22 heavy (non-hydrogen) atoms. The summed E-state index contributed by atoms with van der Waals surface area (Å²) in [5, 5.41) is 7.55. The van der Waals surface area contributed by atoms with E-state index in [1.807, 2.05) is 13.0 Å². The van der Waals surface area contributed by atoms with E-state index in [0.717, 1.165) is 25.1 Å². The standard InChI is InChI=1S/C16H22Cl2N2O.ClH/c1-11(14-4-3-13(17)10-15(14)18)20-16(21)5-2-12-6-8-19-9-7-12;/h3-4,10-12,19H,2,5-9H2,1H3,(H,20,21);1H. The molecule has 0 saturated carbocycles. The van der Waals surface area contributed by atoms with E-state index in [-0.39, 0.29) is 24.4 Å². The maximum Gasteiger partial charge on any atom is 0.220 e. The second-order valence-electron chi connectivity index (χ2n) is 5.69. The average Bonchev–Trinajstić information content (AvgIpc) is 2.46. The van der Waals surface area contributed by atoms with Crippen molar-refractivity contribution in [1.29, 1.82) is 0 Å². The minimum Gasteiger partial charge on any atom is -0.350 e. The van der Waals surface area contributed by atoms with E-state index in [4.69, 9.17) is 23.2 Å². The monoisotopic (exact) mass is 364 g/mol. The lowest BCUT2D eigenvalue weighted by Gasteiger charge is -2.22. The number of carbonyl (C=O) groups is 1. The number of piperidine rings is 1. The van der Waals surface area contributed by atoms with Gasteiger partial charge in [-0.25, -0.2) is 0 Å². The number of carbonyl (C=O) groups excluding carboxylic acids is 1. The van der Waals surface area contributed by atoms with E-state index in [9.17, 15) is 4.79 Å². The van der Waals surface area contributed by atoms with Gasteiger partial charge in [0.1, 0.15) is 0 Å². The molecule has 0 aromatic heterocycles. The van der Waals surface area contributed by atoms with Crippen LogP contribution in [0.15, 0.2) is 18.2 Å². The zero-order valence-corrected chi connectivity index (χ0v) is 15.0. The summed E-state index contributed by atoms with van der Waals surface area (Å²) in [4.78, 5) is 12.1. The van der Waals surface area contributed by atoms with Crippen LogP contribution in [0.5, 0.6) is 0 Å². The van der Waals surface area contributed by atoms with E-state index in [0.29, 0.717) is 22.4 Å². The Bertz CT molecular complexity index is 490. The third-order valence-corrected chi connectivity index (χ3v) is 4.61. The predicted octanol–water partition coefficient (Wildman–Crippen LogP) is 4.37. The van der Waals surface area contributed by atoms with Gasteiger partial charge in [-0.1, -0.05) is 29.3 Å². The normalized spacial score (nSPS) is 16.7. The number of hydrogen-bond acceptors (Lipinski definition) is 2. The second-order valence-corrected chi connectivity index (χ2v) is 6.53. The first-order valence-electron chi connectivity index (χ1n) is 7.51. The van der Waals surface area contributed by atoms with Crippen LogP contribution in [0.4, 0.5) is 0 Å². The predicted molar refractivity (Wildman–Crippen MR) is 95.1 cm³/mol. The summed E-state index contributed by atoms with van der Waals surface area (Å²) in [5.74, 6) is 0.762. The molecule has 0 radical (unpaired) electrons. The topological polar surface area (TPSA) is 41.1 Å². The van der Waals surface area contributed by atoms with Crippen LogP contribution in [-0.2, 0) is 4.79 Å². The lowest BCUT2D eigenvalue weighted by molar-refractivity contribution is -0.122. The fourth-order valence-electron chi connectivity index (χ4n) is 2.75. The molecule has 124 valence electrons. The smallest absolute Gasteiger partial charge is 0.220 e. The van der Waals surface area contributed by atoms with Crippen molar-refractivity contribution in [3.05, 3.63) is 33.8 Å². The van der Waals surface area contributed by atoms with Gasteiger partial charge in [-0.2, -0.15) is 0 Å². The van der Waals surface area contributed by atoms with Crippen molar-refractivity contribution in [1.82, 2.24) is 10.6 Å². The Labute approximate surface area is 148 Å². The molecule has 1 heterocycles. The van der Waals surface area contributed by atoms with Crippen molar-refractivity contribution in [2.45, 2.75) is 38.6 Å². The average molecular weight is 366 g/mol. The molecule has 1 amide bonds. The Balaban J connectivity index is 0.00000242. The summed E-state index contributed by atoms with van der Waals surface area (Å²) in [6, 6.07) is 5.26. The molecule has 6 heteroatoms. The Morgan fingerprint density at radius 2 is 2.05 bits per heavy atom. The highest BCUT2D eigenvalue weighted by Crippen LogP contribution is 2.26. The second kappa shape index (κ2) is 9.61. The van der Waals surface area contributed by atoms with Crippen LogP contribution in [0.3, 0.4) is 0 Å². The Morgan fingerprint density at radius 1 is 1.36 bits per heavy atom. The van der Waals surface area contributed by atoms with Gasteiger partial charge in [-0.3, -0.25) is 4.79 Å². The molecular weight excluding hydrogens is 343 g/mol. The van der Waals surface area contributed by atoms with Gasteiger partial charge in [0.05, 0.1) is 6.04 Å². The first-order valence-corrected chi connectivity index (χ1v) is 8.27. The van der Waals surface area contributed by atoms with Crippen LogP contribution < -0.4 is 10.6 Å². The van der Waals surface area contributed by atoms with Gasteiger partial charge >= 0.3 is 0 Å². The van der Waals surface area contributed by atoms with Gasteiger partial charge in [-0.15, -0.1) is 12.4 Å². The first kappa shape index (κ1) is 19.6. The third kappa shape index (κ3) is 5.96. The van der Waals surface area contributed by atoms with Crippen LogP contribution in [0.2, 0.25) is 10.0 Å². The van der Waals surface area contributed by atoms with Gasteiger partial charge in [0, 0.05) is 16.5 Å². The van der Waals surface area contributed by atoms with Crippen molar-refractivity contribution in [2.24, 2.45) is 5.92 Å². The maximum atomic E-state index is 12.1. The molecule has 1 aliphatic heterocycles. The molecule has 1 aromatic rings. The van der Waals surface area contributed by atoms with Crippen LogP contribution in [0.25, 0.3) is 0 Å². The summed E-state index contributed by atoms with van der Waals surface area (Å²) in [7, 11) is 0. The lowest BCUT2D eigenvalue weighted by atomic mass is 9.93. The van der Waals surface area contributed by atoms with Crippen LogP contribution in [-0.4, -0.2) is 19.0 Å². The highest BCUT2D eigenvalue weighted by molar-refractivity contribution is 6.35. The molecule has 0 spiro atoms. The van der Waals surface area contributed by atoms with Gasteiger partial charge in [0.25, 0.3) is 0 Å². The largest absolute Gasteiger partial charge is 0.350 e. The molecule has 2 rings (SSSR count). The molecule has 0 aliphatic carbocycles. The molecule has 1 aromatic carbocycles. The molecule has 2 N–H and O–H groups in total. The quantitative estimate of drug-likeness (QED) is 0.813. The number of halogens is 3. The zero-order valence-electron chi connectivity index (χ0n) is 12.7. The van der Waals surface area contributed by atoms with E-state index in [1.54, 1.807) is 12.1 Å². The molecule has 1 fully saturated rings. The Kier molecular flexibility index (Phi) is 8.55. The number of benzene rings is 1. The SMILES string of the molecule is CC(NC(=O)CCC1CCNCC1)c1ccc(Cl)cc1Cl.Cl. The maximum absolute atomic E-state index is 12.1. The molecular formula is C16H23Cl3N2O. The van der Waals surface area contributed by atoms with Crippen LogP contribution >= 0.6 is 35.6 Å². The minimum atomic E-state index is -0.102. The molecule has 1 saturated heterocycles. The molecule has 1 atom stereocenters. The number of nitrogens with one attached hydrogen (secondary N) is 2. The van der Waals surface area contributed by atoms with E-state index in [2.05, 4.69) is 10.6 Å². The number of hydrogen-bond donors (Lipinski definition) is 2. The van der Waals surface area contributed by atoms with E-state index >= 15 is 0 Å². The molecule has 0 bridgehead atoms.